The van der Waals surface area contributed by atoms with Crippen molar-refractivity contribution in [1.82, 2.24) is 10.2 Å². The second-order valence-corrected chi connectivity index (χ2v) is 13.6. The highest BCUT2D eigenvalue weighted by molar-refractivity contribution is 7.92. The topological polar surface area (TPSA) is 86.8 Å². The second kappa shape index (κ2) is 14.1. The van der Waals surface area contributed by atoms with Crippen LogP contribution in [0.2, 0.25) is 15.1 Å². The molecule has 1 N–H and O–H groups in total. The molecule has 0 radical (unpaired) electrons. The van der Waals surface area contributed by atoms with E-state index in [0.717, 1.165) is 41.1 Å². The van der Waals surface area contributed by atoms with E-state index in [0.29, 0.717) is 11.4 Å². The first kappa shape index (κ1) is 32.1. The average molecular weight is 651 g/mol. The average Bonchev–Trinajstić information content (AvgIpc) is 3.47. The van der Waals surface area contributed by atoms with E-state index in [9.17, 15) is 18.0 Å². The molecule has 42 heavy (non-hydrogen) atoms. The molecule has 1 fully saturated rings. The third-order valence-corrected chi connectivity index (χ3v) is 10.00. The third kappa shape index (κ3) is 7.78. The van der Waals surface area contributed by atoms with Gasteiger partial charge in [-0.15, -0.1) is 0 Å². The van der Waals surface area contributed by atoms with Gasteiger partial charge in [-0.2, -0.15) is 0 Å². The first-order chi connectivity index (χ1) is 20.0. The van der Waals surface area contributed by atoms with E-state index < -0.39 is 28.5 Å². The molecule has 0 aromatic heterocycles. The zero-order chi connectivity index (χ0) is 30.4. The number of rotatable bonds is 11. The van der Waals surface area contributed by atoms with Crippen LogP contribution in [0.5, 0.6) is 0 Å². The van der Waals surface area contributed by atoms with Gasteiger partial charge in [0.2, 0.25) is 11.8 Å². The van der Waals surface area contributed by atoms with Gasteiger partial charge in [-0.1, -0.05) is 84.4 Å². The largest absolute Gasteiger partial charge is 0.352 e. The van der Waals surface area contributed by atoms with E-state index in [1.165, 1.54) is 29.2 Å². The maximum Gasteiger partial charge on any atom is 0.264 e. The Kier molecular flexibility index (Phi) is 10.8. The molecule has 0 aliphatic heterocycles. The lowest BCUT2D eigenvalue weighted by atomic mass is 10.1. The number of halogens is 3. The SMILES string of the molecule is CC[C@@H](C(=O)NC1CCCC1)N(Cc1ccc(Cl)cc1)C(=O)CN(c1cc(Cl)ccc1Cl)S(=O)(=O)c1ccc(C)cc1. The van der Waals surface area contributed by atoms with Crippen LogP contribution >= 0.6 is 34.8 Å². The molecule has 0 saturated heterocycles. The van der Waals surface area contributed by atoms with Crippen LogP contribution in [0.4, 0.5) is 5.69 Å². The Balaban J connectivity index is 1.74. The van der Waals surface area contributed by atoms with Gasteiger partial charge in [0, 0.05) is 22.6 Å². The summed E-state index contributed by atoms with van der Waals surface area (Å²) in [7, 11) is -4.26. The van der Waals surface area contributed by atoms with Crippen molar-refractivity contribution in [1.29, 1.82) is 0 Å². The van der Waals surface area contributed by atoms with Crippen molar-refractivity contribution in [3.05, 3.63) is 92.9 Å². The van der Waals surface area contributed by atoms with Crippen molar-refractivity contribution >= 4 is 62.3 Å². The van der Waals surface area contributed by atoms with Gasteiger partial charge in [-0.05, 0) is 74.2 Å². The highest BCUT2D eigenvalue weighted by Crippen LogP contribution is 2.33. The number of aryl methyl sites for hydroxylation is 1. The maximum atomic E-state index is 14.2. The number of amides is 2. The fraction of sp³-hybridized carbons (Fsp3) is 0.355. The van der Waals surface area contributed by atoms with Crippen molar-refractivity contribution in [3.63, 3.8) is 0 Å². The number of hydrogen-bond donors (Lipinski definition) is 1. The second-order valence-electron chi connectivity index (χ2n) is 10.5. The van der Waals surface area contributed by atoms with Gasteiger partial charge < -0.3 is 10.2 Å². The van der Waals surface area contributed by atoms with Crippen molar-refractivity contribution in [2.75, 3.05) is 10.8 Å². The van der Waals surface area contributed by atoms with Gasteiger partial charge in [-0.25, -0.2) is 8.42 Å². The molecule has 0 spiro atoms. The van der Waals surface area contributed by atoms with E-state index in [2.05, 4.69) is 5.32 Å². The molecule has 0 unspecified atom stereocenters. The van der Waals surface area contributed by atoms with Crippen LogP contribution in [0.25, 0.3) is 0 Å². The highest BCUT2D eigenvalue weighted by atomic mass is 35.5. The molecule has 0 heterocycles. The predicted octanol–water partition coefficient (Wildman–Crippen LogP) is 7.02. The normalized spacial score (nSPS) is 14.4. The van der Waals surface area contributed by atoms with Gasteiger partial charge >= 0.3 is 0 Å². The molecule has 3 aromatic carbocycles. The minimum absolute atomic E-state index is 0.00721. The Labute approximate surface area is 262 Å². The van der Waals surface area contributed by atoms with Crippen LogP contribution in [0.3, 0.4) is 0 Å². The van der Waals surface area contributed by atoms with Gasteiger partial charge in [0.25, 0.3) is 10.0 Å². The number of nitrogens with zero attached hydrogens (tertiary/aromatic N) is 2. The van der Waals surface area contributed by atoms with Gasteiger partial charge in [-0.3, -0.25) is 13.9 Å². The van der Waals surface area contributed by atoms with Crippen molar-refractivity contribution in [2.24, 2.45) is 0 Å². The zero-order valence-corrected chi connectivity index (χ0v) is 26.6. The summed E-state index contributed by atoms with van der Waals surface area (Å²) in [5, 5.41) is 4.00. The maximum absolute atomic E-state index is 14.2. The third-order valence-electron chi connectivity index (χ3n) is 7.42. The molecule has 0 bridgehead atoms. The summed E-state index contributed by atoms with van der Waals surface area (Å²) in [6.45, 7) is 3.16. The Morgan fingerprint density at radius 1 is 0.929 bits per heavy atom. The van der Waals surface area contributed by atoms with E-state index >= 15 is 0 Å². The van der Waals surface area contributed by atoms with E-state index in [1.807, 2.05) is 13.8 Å². The molecule has 7 nitrogen and oxygen atoms in total. The van der Waals surface area contributed by atoms with Crippen LogP contribution in [0.1, 0.15) is 50.2 Å². The van der Waals surface area contributed by atoms with E-state index in [4.69, 9.17) is 34.8 Å². The highest BCUT2D eigenvalue weighted by Gasteiger charge is 2.35. The van der Waals surface area contributed by atoms with Crippen LogP contribution in [-0.2, 0) is 26.2 Å². The van der Waals surface area contributed by atoms with Crippen molar-refractivity contribution in [2.45, 2.75) is 69.5 Å². The summed E-state index contributed by atoms with van der Waals surface area (Å²) < 4.78 is 29.0. The molecule has 224 valence electrons. The molecule has 1 saturated carbocycles. The number of sulfonamides is 1. The molecule has 4 rings (SSSR count). The quantitative estimate of drug-likeness (QED) is 0.242. The molecule has 1 atom stereocenters. The Hall–Kier alpha value is -2.78. The van der Waals surface area contributed by atoms with Gasteiger partial charge in [0.05, 0.1) is 15.6 Å². The van der Waals surface area contributed by atoms with Gasteiger partial charge in [0.1, 0.15) is 12.6 Å². The number of hydrogen-bond acceptors (Lipinski definition) is 4. The molecular weight excluding hydrogens is 617 g/mol. The van der Waals surface area contributed by atoms with Crippen LogP contribution in [0.15, 0.2) is 71.6 Å². The van der Waals surface area contributed by atoms with Crippen molar-refractivity contribution < 1.29 is 18.0 Å². The minimum Gasteiger partial charge on any atom is -0.352 e. The molecule has 1 aliphatic carbocycles. The Morgan fingerprint density at radius 3 is 2.17 bits per heavy atom. The molecule has 2 amide bonds. The summed E-state index contributed by atoms with van der Waals surface area (Å²) >= 11 is 18.8. The first-order valence-corrected chi connectivity index (χ1v) is 16.5. The fourth-order valence-corrected chi connectivity index (χ4v) is 7.09. The summed E-state index contributed by atoms with van der Waals surface area (Å²) in [6.07, 6.45) is 4.20. The lowest BCUT2D eigenvalue weighted by Gasteiger charge is -2.34. The minimum atomic E-state index is -4.26. The lowest BCUT2D eigenvalue weighted by molar-refractivity contribution is -0.140. The van der Waals surface area contributed by atoms with E-state index in [1.54, 1.807) is 42.5 Å². The van der Waals surface area contributed by atoms with Crippen LogP contribution in [0, 0.1) is 6.92 Å². The van der Waals surface area contributed by atoms with Crippen LogP contribution in [-0.4, -0.2) is 43.8 Å². The fourth-order valence-electron chi connectivity index (χ4n) is 5.10. The molecular formula is C31H34Cl3N3O4S. The number of carbonyl (C=O) groups excluding carboxylic acids is 2. The lowest BCUT2D eigenvalue weighted by Crippen LogP contribution is -2.53. The number of carbonyl (C=O) groups is 2. The van der Waals surface area contributed by atoms with Crippen LogP contribution < -0.4 is 9.62 Å². The zero-order valence-electron chi connectivity index (χ0n) is 23.5. The van der Waals surface area contributed by atoms with Gasteiger partial charge in [0.15, 0.2) is 0 Å². The number of anilines is 1. The van der Waals surface area contributed by atoms with E-state index in [-0.39, 0.29) is 39.1 Å². The Morgan fingerprint density at radius 2 is 1.55 bits per heavy atom. The molecule has 11 heteroatoms. The number of benzene rings is 3. The smallest absolute Gasteiger partial charge is 0.264 e. The summed E-state index contributed by atoms with van der Waals surface area (Å²) in [6, 6.07) is 17.0. The standard InChI is InChI=1S/C31H34Cl3N3O4S/c1-3-28(31(39)35-25-6-4-5-7-25)36(19-22-10-12-23(32)13-11-22)30(38)20-37(29-18-24(33)14-17-27(29)34)42(40,41)26-15-8-21(2)9-16-26/h8-18,25,28H,3-7,19-20H2,1-2H3,(H,35,39)/t28-/m0/s1. The number of nitrogens with one attached hydrogen (secondary N) is 1. The Bertz CT molecular complexity index is 1510. The molecule has 1 aliphatic rings. The summed E-state index contributed by atoms with van der Waals surface area (Å²) in [5.41, 5.74) is 1.69. The van der Waals surface area contributed by atoms with Crippen molar-refractivity contribution in [3.8, 4) is 0 Å². The monoisotopic (exact) mass is 649 g/mol. The summed E-state index contributed by atoms with van der Waals surface area (Å²) in [4.78, 5) is 29.2. The molecule has 3 aromatic rings. The first-order valence-electron chi connectivity index (χ1n) is 13.9. The predicted molar refractivity (Wildman–Crippen MR) is 169 cm³/mol. The summed E-state index contributed by atoms with van der Waals surface area (Å²) in [5.74, 6) is -0.828.